The van der Waals surface area contributed by atoms with Gasteiger partial charge in [0.15, 0.2) is 5.69 Å². The number of para-hydroxylation sites is 1. The maximum Gasteiger partial charge on any atom is 0.297 e. The molecule has 0 bridgehead atoms. The van der Waals surface area contributed by atoms with Crippen LogP contribution in [0.1, 0.15) is 5.69 Å². The molecule has 2 atom stereocenters. The zero-order valence-corrected chi connectivity index (χ0v) is 16.0. The van der Waals surface area contributed by atoms with Gasteiger partial charge in [0.05, 0.1) is 24.6 Å². The normalized spacial score (nSPS) is 23.6. The van der Waals surface area contributed by atoms with Gasteiger partial charge >= 0.3 is 0 Å². The van der Waals surface area contributed by atoms with Gasteiger partial charge in [0.2, 0.25) is 5.16 Å². The minimum absolute atomic E-state index is 0.132. The van der Waals surface area contributed by atoms with Crippen LogP contribution in [-0.2, 0) is 11.8 Å². The molecule has 3 aromatic rings. The maximum absolute atomic E-state index is 13.2. The van der Waals surface area contributed by atoms with E-state index in [0.29, 0.717) is 28.6 Å². The summed E-state index contributed by atoms with van der Waals surface area (Å²) in [5, 5.41) is 12.7. The van der Waals surface area contributed by atoms with E-state index < -0.39 is 0 Å². The first kappa shape index (κ1) is 16.8. The zero-order chi connectivity index (χ0) is 18.5. The van der Waals surface area contributed by atoms with Gasteiger partial charge in [-0.1, -0.05) is 30.0 Å². The molecule has 2 unspecified atom stereocenters. The summed E-state index contributed by atoms with van der Waals surface area (Å²) in [4.78, 5) is 13.2. The summed E-state index contributed by atoms with van der Waals surface area (Å²) < 4.78 is 10.5. The molecule has 0 spiro atoms. The Kier molecular flexibility index (Phi) is 3.94. The van der Waals surface area contributed by atoms with Crippen LogP contribution < -0.4 is 5.56 Å². The van der Waals surface area contributed by atoms with E-state index in [0.717, 1.165) is 30.3 Å². The van der Waals surface area contributed by atoms with E-state index in [9.17, 15) is 4.79 Å². The molecule has 9 heteroatoms. The van der Waals surface area contributed by atoms with Gasteiger partial charge in [-0.05, 0) is 47.2 Å². The molecular formula is C18H20N6O2S. The van der Waals surface area contributed by atoms with E-state index in [1.807, 2.05) is 49.0 Å². The van der Waals surface area contributed by atoms with Crippen molar-refractivity contribution in [3.63, 3.8) is 0 Å². The Hall–Kier alpha value is -2.39. The predicted molar refractivity (Wildman–Crippen MR) is 100 cm³/mol. The third-order valence-electron chi connectivity index (χ3n) is 5.71. The second kappa shape index (κ2) is 6.35. The van der Waals surface area contributed by atoms with Crippen LogP contribution in [0.15, 0.2) is 40.3 Å². The van der Waals surface area contributed by atoms with E-state index in [2.05, 4.69) is 15.5 Å². The number of thioether (sulfide) groups is 1. The number of fused-ring (bicyclic) bond motifs is 1. The number of nitrogens with zero attached hydrogens (tertiary/aromatic N) is 6. The van der Waals surface area contributed by atoms with Gasteiger partial charge in [-0.2, -0.15) is 4.68 Å². The Labute approximate surface area is 160 Å². The Morgan fingerprint density at radius 1 is 1.22 bits per heavy atom. The molecule has 1 aromatic carbocycles. The molecule has 3 heterocycles. The standard InChI is InChI=1S/C18H20N6O2S/c1-11-16(17(25)24(22(11)2)12-6-4-3-5-7-12)23-18(19-20-21-23)27-10-15-13-8-26-9-14(13)15/h3-7,13-15H,8-10H2,1-2H3. The zero-order valence-electron chi connectivity index (χ0n) is 15.1. The average molecular weight is 384 g/mol. The lowest BCUT2D eigenvalue weighted by Gasteiger charge is -2.07. The van der Waals surface area contributed by atoms with Crippen molar-refractivity contribution in [2.45, 2.75) is 12.1 Å². The Bertz CT molecular complexity index is 1030. The van der Waals surface area contributed by atoms with Crippen LogP contribution in [0.2, 0.25) is 0 Å². The molecule has 1 saturated carbocycles. The Morgan fingerprint density at radius 3 is 2.70 bits per heavy atom. The molecule has 140 valence electrons. The van der Waals surface area contributed by atoms with E-state index in [1.54, 1.807) is 21.1 Å². The van der Waals surface area contributed by atoms with Crippen molar-refractivity contribution in [2.75, 3.05) is 19.0 Å². The topological polar surface area (TPSA) is 79.8 Å². The van der Waals surface area contributed by atoms with Gasteiger partial charge in [0.1, 0.15) is 0 Å². The summed E-state index contributed by atoms with van der Waals surface area (Å²) in [6.45, 7) is 3.66. The second-order valence-corrected chi connectivity index (χ2v) is 8.11. The van der Waals surface area contributed by atoms with Crippen molar-refractivity contribution >= 4 is 11.8 Å². The number of hydrogen-bond acceptors (Lipinski definition) is 6. The third kappa shape index (κ3) is 2.64. The second-order valence-electron chi connectivity index (χ2n) is 7.12. The van der Waals surface area contributed by atoms with Crippen LogP contribution in [-0.4, -0.2) is 48.5 Å². The third-order valence-corrected chi connectivity index (χ3v) is 6.78. The van der Waals surface area contributed by atoms with Crippen LogP contribution in [0, 0.1) is 24.7 Å². The molecule has 27 heavy (non-hydrogen) atoms. The average Bonchev–Trinajstić information content (AvgIpc) is 3.07. The van der Waals surface area contributed by atoms with Gasteiger partial charge in [0.25, 0.3) is 5.56 Å². The highest BCUT2D eigenvalue weighted by atomic mass is 32.2. The Balaban J connectivity index is 1.47. The number of aromatic nitrogens is 6. The van der Waals surface area contributed by atoms with E-state index >= 15 is 0 Å². The highest BCUT2D eigenvalue weighted by Gasteiger charge is 2.53. The molecule has 2 aromatic heterocycles. The smallest absolute Gasteiger partial charge is 0.297 e. The van der Waals surface area contributed by atoms with E-state index in [4.69, 9.17) is 4.74 Å². The molecule has 0 radical (unpaired) electrons. The lowest BCUT2D eigenvalue weighted by molar-refractivity contribution is 0.154. The largest absolute Gasteiger partial charge is 0.381 e. The molecular weight excluding hydrogens is 364 g/mol. The SMILES string of the molecule is Cc1c(-n2nnnc2SCC2C3COCC32)c(=O)n(-c2ccccc2)n1C. The minimum atomic E-state index is -0.132. The summed E-state index contributed by atoms with van der Waals surface area (Å²) in [5.74, 6) is 3.01. The fraction of sp³-hybridized carbons (Fsp3) is 0.444. The number of tetrazole rings is 1. The summed E-state index contributed by atoms with van der Waals surface area (Å²) >= 11 is 1.62. The molecule has 1 aliphatic heterocycles. The molecule has 0 N–H and O–H groups in total. The first-order valence-corrected chi connectivity index (χ1v) is 9.98. The lowest BCUT2D eigenvalue weighted by Crippen LogP contribution is -2.22. The molecule has 1 saturated heterocycles. The Morgan fingerprint density at radius 2 is 1.96 bits per heavy atom. The van der Waals surface area contributed by atoms with Crippen LogP contribution in [0.4, 0.5) is 0 Å². The van der Waals surface area contributed by atoms with Crippen LogP contribution >= 0.6 is 11.8 Å². The van der Waals surface area contributed by atoms with Crippen LogP contribution in [0.3, 0.4) is 0 Å². The summed E-state index contributed by atoms with van der Waals surface area (Å²) in [7, 11) is 1.87. The van der Waals surface area contributed by atoms with Crippen molar-refractivity contribution in [2.24, 2.45) is 24.8 Å². The fourth-order valence-corrected chi connectivity index (χ4v) is 5.16. The number of rotatable bonds is 5. The first-order chi connectivity index (χ1) is 13.2. The summed E-state index contributed by atoms with van der Waals surface area (Å²) in [6.07, 6.45) is 0. The number of ether oxygens (including phenoxy) is 1. The molecule has 0 amide bonds. The minimum Gasteiger partial charge on any atom is -0.381 e. The van der Waals surface area contributed by atoms with Gasteiger partial charge in [-0.25, -0.2) is 4.68 Å². The molecule has 5 rings (SSSR count). The predicted octanol–water partition coefficient (Wildman–Crippen LogP) is 1.44. The highest BCUT2D eigenvalue weighted by Crippen LogP contribution is 2.52. The quantitative estimate of drug-likeness (QED) is 0.620. The van der Waals surface area contributed by atoms with Gasteiger partial charge < -0.3 is 4.74 Å². The van der Waals surface area contributed by atoms with E-state index in [-0.39, 0.29) is 5.56 Å². The molecule has 1 aliphatic carbocycles. The number of benzene rings is 1. The monoisotopic (exact) mass is 384 g/mol. The molecule has 2 aliphatic rings. The first-order valence-electron chi connectivity index (χ1n) is 9.00. The van der Waals surface area contributed by atoms with Gasteiger partial charge in [-0.3, -0.25) is 9.48 Å². The fourth-order valence-electron chi connectivity index (χ4n) is 3.98. The van der Waals surface area contributed by atoms with Crippen molar-refractivity contribution in [3.8, 4) is 11.4 Å². The van der Waals surface area contributed by atoms with Gasteiger partial charge in [0, 0.05) is 12.8 Å². The molecule has 2 fully saturated rings. The van der Waals surface area contributed by atoms with Crippen molar-refractivity contribution in [1.29, 1.82) is 0 Å². The van der Waals surface area contributed by atoms with Crippen LogP contribution in [0.5, 0.6) is 0 Å². The van der Waals surface area contributed by atoms with Crippen molar-refractivity contribution < 1.29 is 4.74 Å². The lowest BCUT2D eigenvalue weighted by atomic mass is 10.3. The van der Waals surface area contributed by atoms with Crippen molar-refractivity contribution in [1.82, 2.24) is 29.6 Å². The van der Waals surface area contributed by atoms with Gasteiger partial charge in [-0.15, -0.1) is 5.10 Å². The van der Waals surface area contributed by atoms with Crippen LogP contribution in [0.25, 0.3) is 11.4 Å². The van der Waals surface area contributed by atoms with E-state index in [1.165, 1.54) is 0 Å². The highest BCUT2D eigenvalue weighted by molar-refractivity contribution is 7.99. The number of hydrogen-bond donors (Lipinski definition) is 0. The summed E-state index contributed by atoms with van der Waals surface area (Å²) in [6, 6.07) is 9.58. The maximum atomic E-state index is 13.2. The summed E-state index contributed by atoms with van der Waals surface area (Å²) in [5.41, 5.74) is 1.99. The molecule has 8 nitrogen and oxygen atoms in total. The van der Waals surface area contributed by atoms with Crippen molar-refractivity contribution in [3.05, 3.63) is 46.4 Å².